The van der Waals surface area contributed by atoms with E-state index in [-0.39, 0.29) is 11.5 Å². The third kappa shape index (κ3) is 0.975. The Balaban J connectivity index is 2.89. The summed E-state index contributed by atoms with van der Waals surface area (Å²) in [7, 11) is 0. The predicted molar refractivity (Wildman–Crippen MR) is 50.9 cm³/mol. The second-order valence-electron chi connectivity index (χ2n) is 2.74. The quantitative estimate of drug-likeness (QED) is 0.621. The summed E-state index contributed by atoms with van der Waals surface area (Å²) in [5, 5.41) is 0.934. The largest absolute Gasteiger partial charge is 0.396 e. The highest BCUT2D eigenvalue weighted by atomic mass is 32.1. The lowest BCUT2D eigenvalue weighted by molar-refractivity contribution is 0.646. The minimum atomic E-state index is -0.286. The number of aryl methyl sites for hydroxylation is 1. The van der Waals surface area contributed by atoms with E-state index in [0.717, 1.165) is 10.3 Å². The summed E-state index contributed by atoms with van der Waals surface area (Å²) >= 11 is 1.44. The van der Waals surface area contributed by atoms with E-state index in [1.165, 1.54) is 11.3 Å². The van der Waals surface area contributed by atoms with E-state index < -0.39 is 0 Å². The van der Waals surface area contributed by atoms with Crippen molar-refractivity contribution in [2.24, 2.45) is 0 Å². The molecule has 2 N–H and O–H groups in total. The summed E-state index contributed by atoms with van der Waals surface area (Å²) in [4.78, 5) is 1.11. The van der Waals surface area contributed by atoms with Crippen LogP contribution in [0.2, 0.25) is 0 Å². The summed E-state index contributed by atoms with van der Waals surface area (Å²) in [6.07, 6.45) is 0. The molecule has 0 aliphatic rings. The molecule has 3 heteroatoms. The highest BCUT2D eigenvalue weighted by Crippen LogP contribution is 2.30. The van der Waals surface area contributed by atoms with Crippen LogP contribution < -0.4 is 5.73 Å². The first kappa shape index (κ1) is 7.55. The molecule has 0 atom stereocenters. The molecular formula is C9H8FNS. The first-order chi connectivity index (χ1) is 5.68. The third-order valence-electron chi connectivity index (χ3n) is 1.78. The molecule has 0 aliphatic heterocycles. The second kappa shape index (κ2) is 2.45. The number of hydrogen-bond donors (Lipinski definition) is 1. The van der Waals surface area contributed by atoms with Gasteiger partial charge in [-0.3, -0.25) is 0 Å². The molecule has 0 amide bonds. The van der Waals surface area contributed by atoms with Gasteiger partial charge in [0.15, 0.2) is 5.82 Å². The van der Waals surface area contributed by atoms with E-state index in [0.29, 0.717) is 4.70 Å². The van der Waals surface area contributed by atoms with Gasteiger partial charge in [0, 0.05) is 4.88 Å². The van der Waals surface area contributed by atoms with Crippen LogP contribution in [-0.2, 0) is 0 Å². The van der Waals surface area contributed by atoms with Crippen molar-refractivity contribution in [2.75, 3.05) is 5.73 Å². The number of nitrogens with two attached hydrogens (primary N) is 1. The normalized spacial score (nSPS) is 10.8. The molecule has 0 bridgehead atoms. The van der Waals surface area contributed by atoms with E-state index in [1.807, 2.05) is 19.1 Å². The number of hydrogen-bond acceptors (Lipinski definition) is 2. The van der Waals surface area contributed by atoms with E-state index in [4.69, 9.17) is 5.73 Å². The Bertz CT molecular complexity index is 433. The molecule has 0 radical (unpaired) electrons. The van der Waals surface area contributed by atoms with Crippen LogP contribution in [0.5, 0.6) is 0 Å². The molecule has 2 rings (SSSR count). The zero-order chi connectivity index (χ0) is 8.72. The van der Waals surface area contributed by atoms with Gasteiger partial charge in [-0.1, -0.05) is 6.07 Å². The van der Waals surface area contributed by atoms with Gasteiger partial charge in [-0.25, -0.2) is 4.39 Å². The lowest BCUT2D eigenvalue weighted by Gasteiger charge is -1.95. The van der Waals surface area contributed by atoms with Gasteiger partial charge >= 0.3 is 0 Å². The van der Waals surface area contributed by atoms with Crippen LogP contribution in [0.3, 0.4) is 0 Å². The number of anilines is 1. The van der Waals surface area contributed by atoms with Gasteiger partial charge in [-0.05, 0) is 24.4 Å². The molecule has 0 saturated heterocycles. The van der Waals surface area contributed by atoms with Gasteiger partial charge in [0.05, 0.1) is 10.4 Å². The summed E-state index contributed by atoms with van der Waals surface area (Å²) < 4.78 is 14.0. The molecule has 1 heterocycles. The fourth-order valence-corrected chi connectivity index (χ4v) is 2.17. The van der Waals surface area contributed by atoms with Gasteiger partial charge < -0.3 is 5.73 Å². The number of benzene rings is 1. The second-order valence-corrected chi connectivity index (χ2v) is 4.00. The van der Waals surface area contributed by atoms with E-state index in [1.54, 1.807) is 6.07 Å². The summed E-state index contributed by atoms with van der Waals surface area (Å²) in [5.74, 6) is -0.286. The minimum absolute atomic E-state index is 0.226. The number of fused-ring (bicyclic) bond motifs is 1. The SMILES string of the molecule is Cc1cc2ccc(N)c(F)c2s1. The Labute approximate surface area is 73.6 Å². The van der Waals surface area contributed by atoms with Crippen LogP contribution >= 0.6 is 11.3 Å². The third-order valence-corrected chi connectivity index (χ3v) is 2.84. The Morgan fingerprint density at radius 3 is 2.92 bits per heavy atom. The molecule has 12 heavy (non-hydrogen) atoms. The van der Waals surface area contributed by atoms with Crippen molar-refractivity contribution in [3.63, 3.8) is 0 Å². The zero-order valence-electron chi connectivity index (χ0n) is 6.60. The smallest absolute Gasteiger partial charge is 0.163 e. The van der Waals surface area contributed by atoms with Crippen LogP contribution in [0.4, 0.5) is 10.1 Å². The number of thiophene rings is 1. The molecule has 0 fully saturated rings. The average Bonchev–Trinajstić information content (AvgIpc) is 2.39. The molecule has 1 aromatic heterocycles. The maximum atomic E-state index is 13.3. The van der Waals surface area contributed by atoms with Crippen molar-refractivity contribution < 1.29 is 4.39 Å². The molecular weight excluding hydrogens is 173 g/mol. The highest BCUT2D eigenvalue weighted by molar-refractivity contribution is 7.19. The van der Waals surface area contributed by atoms with Crippen molar-refractivity contribution in [3.8, 4) is 0 Å². The number of halogens is 1. The van der Waals surface area contributed by atoms with E-state index in [2.05, 4.69) is 0 Å². The van der Waals surface area contributed by atoms with Crippen LogP contribution in [0.25, 0.3) is 10.1 Å². The predicted octanol–water partition coefficient (Wildman–Crippen LogP) is 2.93. The van der Waals surface area contributed by atoms with Crippen molar-refractivity contribution in [1.82, 2.24) is 0 Å². The Hall–Kier alpha value is -1.09. The maximum absolute atomic E-state index is 13.3. The van der Waals surface area contributed by atoms with E-state index in [9.17, 15) is 4.39 Å². The first-order valence-electron chi connectivity index (χ1n) is 3.62. The fraction of sp³-hybridized carbons (Fsp3) is 0.111. The molecule has 0 aliphatic carbocycles. The van der Waals surface area contributed by atoms with Crippen molar-refractivity contribution >= 4 is 27.1 Å². The van der Waals surface area contributed by atoms with Gasteiger partial charge in [0.2, 0.25) is 0 Å². The van der Waals surface area contributed by atoms with Crippen molar-refractivity contribution in [2.45, 2.75) is 6.92 Å². The maximum Gasteiger partial charge on any atom is 0.163 e. The van der Waals surface area contributed by atoms with Crippen LogP contribution in [0, 0.1) is 12.7 Å². The Morgan fingerprint density at radius 2 is 2.17 bits per heavy atom. The summed E-state index contributed by atoms with van der Waals surface area (Å²) in [6.45, 7) is 1.96. The molecule has 0 spiro atoms. The zero-order valence-corrected chi connectivity index (χ0v) is 7.41. The standard InChI is InChI=1S/C9H8FNS/c1-5-4-6-2-3-7(11)8(10)9(6)12-5/h2-4H,11H2,1H3. The van der Waals surface area contributed by atoms with Crippen LogP contribution in [0.15, 0.2) is 18.2 Å². The lowest BCUT2D eigenvalue weighted by Crippen LogP contribution is -1.88. The van der Waals surface area contributed by atoms with Crippen molar-refractivity contribution in [1.29, 1.82) is 0 Å². The van der Waals surface area contributed by atoms with E-state index >= 15 is 0 Å². The lowest BCUT2D eigenvalue weighted by atomic mass is 10.2. The molecule has 2 aromatic rings. The number of rotatable bonds is 0. The summed E-state index contributed by atoms with van der Waals surface area (Å²) in [6, 6.07) is 5.41. The average molecular weight is 181 g/mol. The van der Waals surface area contributed by atoms with Gasteiger partial charge in [-0.2, -0.15) is 0 Å². The number of nitrogen functional groups attached to an aromatic ring is 1. The highest BCUT2D eigenvalue weighted by Gasteiger charge is 2.06. The molecule has 0 unspecified atom stereocenters. The fourth-order valence-electron chi connectivity index (χ4n) is 1.21. The molecule has 1 aromatic carbocycles. The van der Waals surface area contributed by atoms with Gasteiger partial charge in [-0.15, -0.1) is 11.3 Å². The summed E-state index contributed by atoms with van der Waals surface area (Å²) in [5.41, 5.74) is 5.65. The van der Waals surface area contributed by atoms with Crippen molar-refractivity contribution in [3.05, 3.63) is 28.9 Å². The molecule has 62 valence electrons. The Kier molecular flexibility index (Phi) is 1.54. The van der Waals surface area contributed by atoms with Crippen LogP contribution in [-0.4, -0.2) is 0 Å². The minimum Gasteiger partial charge on any atom is -0.396 e. The molecule has 1 nitrogen and oxygen atoms in total. The van der Waals surface area contributed by atoms with Gasteiger partial charge in [0.1, 0.15) is 0 Å². The molecule has 0 saturated carbocycles. The van der Waals surface area contributed by atoms with Gasteiger partial charge in [0.25, 0.3) is 0 Å². The monoisotopic (exact) mass is 181 g/mol. The van der Waals surface area contributed by atoms with Crippen LogP contribution in [0.1, 0.15) is 4.88 Å². The Morgan fingerprint density at radius 1 is 1.42 bits per heavy atom. The topological polar surface area (TPSA) is 26.0 Å². The first-order valence-corrected chi connectivity index (χ1v) is 4.44.